The highest BCUT2D eigenvalue weighted by Gasteiger charge is 2.14. The van der Waals surface area contributed by atoms with Crippen LogP contribution in [0.3, 0.4) is 0 Å². The van der Waals surface area contributed by atoms with Crippen LogP contribution in [0.1, 0.15) is 5.56 Å². The van der Waals surface area contributed by atoms with Crippen molar-refractivity contribution >= 4 is 12.1 Å². The molecule has 0 heterocycles. The first kappa shape index (κ1) is 15.0. The topological polar surface area (TPSA) is 81.9 Å². The predicted molar refractivity (Wildman–Crippen MR) is 69.8 cm³/mol. The number of carbonyl (C=O) groups excluding carboxylic acids is 2. The van der Waals surface area contributed by atoms with Gasteiger partial charge in [-0.05, 0) is 24.1 Å². The maximum atomic E-state index is 11.3. The first-order chi connectivity index (χ1) is 8.93. The minimum Gasteiger partial charge on any atom is -0.468 e. The number of esters is 1. The minimum absolute atomic E-state index is 0.370. The van der Waals surface area contributed by atoms with E-state index in [-0.39, 0.29) is 0 Å². The van der Waals surface area contributed by atoms with Crippen LogP contribution in [0.5, 0.6) is 5.75 Å². The van der Waals surface area contributed by atoms with Crippen molar-refractivity contribution in [2.45, 2.75) is 12.5 Å². The Morgan fingerprint density at radius 3 is 2.32 bits per heavy atom. The van der Waals surface area contributed by atoms with Crippen LogP contribution in [0.4, 0.5) is 4.79 Å². The molecule has 0 aliphatic carbocycles. The lowest BCUT2D eigenvalue weighted by molar-refractivity contribution is -0.142. The maximum Gasteiger partial charge on any atom is 0.414 e. The Morgan fingerprint density at radius 2 is 1.84 bits per heavy atom. The van der Waals surface area contributed by atoms with Crippen LogP contribution in [0.25, 0.3) is 0 Å². The van der Waals surface area contributed by atoms with Crippen molar-refractivity contribution in [1.29, 1.82) is 0 Å². The van der Waals surface area contributed by atoms with Crippen LogP contribution in [0.2, 0.25) is 0 Å². The average Bonchev–Trinajstić information content (AvgIpc) is 2.39. The summed E-state index contributed by atoms with van der Waals surface area (Å²) < 4.78 is 9.62. The lowest BCUT2D eigenvalue weighted by Crippen LogP contribution is -2.33. The summed E-state index contributed by atoms with van der Waals surface area (Å²) in [5.74, 6) is -0.0165. The van der Waals surface area contributed by atoms with Gasteiger partial charge in [-0.1, -0.05) is 12.1 Å². The highest BCUT2D eigenvalue weighted by Crippen LogP contribution is 2.14. The molecule has 1 amide bonds. The van der Waals surface area contributed by atoms with Gasteiger partial charge in [0.15, 0.2) is 0 Å². The Morgan fingerprint density at radius 1 is 1.26 bits per heavy atom. The summed E-state index contributed by atoms with van der Waals surface area (Å²) in [6, 6.07) is 6.11. The Kier molecular flexibility index (Phi) is 5.32. The number of carbonyl (C=O) groups is 2. The molecule has 0 fully saturated rings. The molecule has 0 radical (unpaired) electrons. The van der Waals surface area contributed by atoms with E-state index in [0.717, 1.165) is 5.56 Å². The second kappa shape index (κ2) is 6.75. The highest BCUT2D eigenvalue weighted by molar-refractivity contribution is 5.75. The van der Waals surface area contributed by atoms with E-state index in [1.54, 1.807) is 38.4 Å². The molecule has 0 aromatic heterocycles. The highest BCUT2D eigenvalue weighted by atomic mass is 16.6. The predicted octanol–water partition coefficient (Wildman–Crippen LogP) is 0.790. The van der Waals surface area contributed by atoms with Crippen molar-refractivity contribution in [1.82, 2.24) is 4.90 Å². The zero-order valence-corrected chi connectivity index (χ0v) is 11.3. The minimum atomic E-state index is -0.694. The SMILES string of the molecule is COC(=O)[C@@H](N)Cc1ccc(OC(=O)N(C)C)cc1. The van der Waals surface area contributed by atoms with Gasteiger partial charge in [0, 0.05) is 14.1 Å². The zero-order chi connectivity index (χ0) is 14.4. The van der Waals surface area contributed by atoms with E-state index in [1.807, 2.05) is 0 Å². The number of rotatable bonds is 4. The second-order valence-corrected chi connectivity index (χ2v) is 4.24. The van der Waals surface area contributed by atoms with Gasteiger partial charge in [-0.15, -0.1) is 0 Å². The molecule has 104 valence electrons. The van der Waals surface area contributed by atoms with Crippen LogP contribution < -0.4 is 10.5 Å². The smallest absolute Gasteiger partial charge is 0.414 e. The van der Waals surface area contributed by atoms with Crippen LogP contribution in [-0.2, 0) is 16.0 Å². The average molecular weight is 266 g/mol. The standard InChI is InChI=1S/C13H18N2O4/c1-15(2)13(17)19-10-6-4-9(5-7-10)8-11(14)12(16)18-3/h4-7,11H,8,14H2,1-3H3/t11-/m0/s1. The van der Waals surface area contributed by atoms with Crippen molar-refractivity contribution in [2.75, 3.05) is 21.2 Å². The van der Waals surface area contributed by atoms with E-state index in [4.69, 9.17) is 10.5 Å². The van der Waals surface area contributed by atoms with Crippen LogP contribution >= 0.6 is 0 Å². The summed E-state index contributed by atoms with van der Waals surface area (Å²) in [4.78, 5) is 23.8. The second-order valence-electron chi connectivity index (χ2n) is 4.24. The third kappa shape index (κ3) is 4.59. The Labute approximate surface area is 112 Å². The van der Waals surface area contributed by atoms with Gasteiger partial charge in [0.25, 0.3) is 0 Å². The molecule has 1 aromatic carbocycles. The number of ether oxygens (including phenoxy) is 2. The molecular weight excluding hydrogens is 248 g/mol. The fraction of sp³-hybridized carbons (Fsp3) is 0.385. The first-order valence-corrected chi connectivity index (χ1v) is 5.75. The molecule has 0 spiro atoms. The Balaban J connectivity index is 2.61. The van der Waals surface area contributed by atoms with Crippen LogP contribution in [0.15, 0.2) is 24.3 Å². The zero-order valence-electron chi connectivity index (χ0n) is 11.3. The number of hydrogen-bond acceptors (Lipinski definition) is 5. The molecule has 6 nitrogen and oxygen atoms in total. The molecule has 1 atom stereocenters. The van der Waals surface area contributed by atoms with Gasteiger partial charge in [0.2, 0.25) is 0 Å². The molecule has 1 rings (SSSR count). The quantitative estimate of drug-likeness (QED) is 0.815. The molecule has 0 aliphatic heterocycles. The van der Waals surface area contributed by atoms with E-state index < -0.39 is 18.1 Å². The molecule has 0 saturated heterocycles. The largest absolute Gasteiger partial charge is 0.468 e. The third-order valence-electron chi connectivity index (χ3n) is 2.45. The maximum absolute atomic E-state index is 11.3. The molecule has 0 aliphatic rings. The lowest BCUT2D eigenvalue weighted by Gasteiger charge is -2.12. The van der Waals surface area contributed by atoms with E-state index in [2.05, 4.69) is 4.74 Å². The van der Waals surface area contributed by atoms with Crippen LogP contribution in [-0.4, -0.2) is 44.2 Å². The first-order valence-electron chi connectivity index (χ1n) is 5.75. The number of benzene rings is 1. The number of nitrogens with two attached hydrogens (primary N) is 1. The van der Waals surface area contributed by atoms with Gasteiger partial charge in [0.05, 0.1) is 7.11 Å². The van der Waals surface area contributed by atoms with Crippen molar-refractivity contribution < 1.29 is 19.1 Å². The summed E-state index contributed by atoms with van der Waals surface area (Å²) in [6.45, 7) is 0. The molecule has 2 N–H and O–H groups in total. The number of nitrogens with zero attached hydrogens (tertiary/aromatic N) is 1. The summed E-state index contributed by atoms with van der Waals surface area (Å²) in [6.07, 6.45) is -0.0757. The van der Waals surface area contributed by atoms with E-state index >= 15 is 0 Å². The van der Waals surface area contributed by atoms with Crippen molar-refractivity contribution in [3.63, 3.8) is 0 Å². The lowest BCUT2D eigenvalue weighted by atomic mass is 10.1. The normalized spacial score (nSPS) is 11.6. The molecule has 19 heavy (non-hydrogen) atoms. The molecule has 0 unspecified atom stereocenters. The van der Waals surface area contributed by atoms with Gasteiger partial charge in [-0.2, -0.15) is 0 Å². The molecular formula is C13H18N2O4. The summed E-state index contributed by atoms with van der Waals surface area (Å²) >= 11 is 0. The molecule has 0 bridgehead atoms. The Bertz CT molecular complexity index is 442. The third-order valence-corrected chi connectivity index (χ3v) is 2.45. The van der Waals surface area contributed by atoms with E-state index in [0.29, 0.717) is 12.2 Å². The summed E-state index contributed by atoms with van der Waals surface area (Å²) in [7, 11) is 4.50. The Hall–Kier alpha value is -2.08. The fourth-order valence-electron chi connectivity index (χ4n) is 1.37. The van der Waals surface area contributed by atoms with Gasteiger partial charge in [-0.25, -0.2) is 4.79 Å². The van der Waals surface area contributed by atoms with Crippen molar-refractivity contribution in [2.24, 2.45) is 5.73 Å². The molecule has 6 heteroatoms. The summed E-state index contributed by atoms with van der Waals surface area (Å²) in [5, 5.41) is 0. The van der Waals surface area contributed by atoms with Gasteiger partial charge in [-0.3, -0.25) is 4.79 Å². The fourth-order valence-corrected chi connectivity index (χ4v) is 1.37. The van der Waals surface area contributed by atoms with Crippen molar-refractivity contribution in [3.8, 4) is 5.75 Å². The van der Waals surface area contributed by atoms with E-state index in [9.17, 15) is 9.59 Å². The monoisotopic (exact) mass is 266 g/mol. The molecule has 0 saturated carbocycles. The number of methoxy groups -OCH3 is 1. The number of hydrogen-bond donors (Lipinski definition) is 1. The van der Waals surface area contributed by atoms with Crippen molar-refractivity contribution in [3.05, 3.63) is 29.8 Å². The van der Waals surface area contributed by atoms with Gasteiger partial charge < -0.3 is 20.1 Å². The number of amides is 1. The van der Waals surface area contributed by atoms with Gasteiger partial charge in [0.1, 0.15) is 11.8 Å². The van der Waals surface area contributed by atoms with Gasteiger partial charge >= 0.3 is 12.1 Å². The van der Waals surface area contributed by atoms with E-state index in [1.165, 1.54) is 12.0 Å². The summed E-state index contributed by atoms with van der Waals surface area (Å²) in [5.41, 5.74) is 6.52. The van der Waals surface area contributed by atoms with Crippen LogP contribution in [0, 0.1) is 0 Å². The molecule has 1 aromatic rings.